The molecule has 1 heterocycles. The Hall–Kier alpha value is -2.18. The average molecular weight is 239 g/mol. The van der Waals surface area contributed by atoms with E-state index in [4.69, 9.17) is 5.11 Å². The summed E-state index contributed by atoms with van der Waals surface area (Å²) in [4.78, 5) is 24.6. The molecule has 1 aromatic rings. The summed E-state index contributed by atoms with van der Waals surface area (Å²) in [5.41, 5.74) is -0.960. The number of carboxylic acid groups (broad SMARTS) is 1. The molecule has 0 spiro atoms. The van der Waals surface area contributed by atoms with Gasteiger partial charge in [-0.15, -0.1) is 0 Å². The van der Waals surface area contributed by atoms with Gasteiger partial charge in [-0.25, -0.2) is 9.78 Å². The molecule has 17 heavy (non-hydrogen) atoms. The van der Waals surface area contributed by atoms with Gasteiger partial charge < -0.3 is 10.4 Å². The minimum Gasteiger partial charge on any atom is -0.478 e. The topological polar surface area (TPSA) is 105 Å². The van der Waals surface area contributed by atoms with Crippen LogP contribution in [0.2, 0.25) is 0 Å². The van der Waals surface area contributed by atoms with Crippen LogP contribution >= 0.6 is 0 Å². The minimum absolute atomic E-state index is 0.0625. The molecule has 0 radical (unpaired) electrons. The molecule has 0 atom stereocenters. The number of pyridine rings is 1. The van der Waals surface area contributed by atoms with Gasteiger partial charge in [0, 0.05) is 17.8 Å². The van der Waals surface area contributed by atoms with Gasteiger partial charge in [0.1, 0.15) is 0 Å². The van der Waals surface area contributed by atoms with Crippen molar-refractivity contribution in [2.45, 2.75) is 26.3 Å². The van der Waals surface area contributed by atoms with Gasteiger partial charge in [-0.05, 0) is 20.8 Å². The Labute approximate surface area is 97.6 Å². The van der Waals surface area contributed by atoms with E-state index >= 15 is 0 Å². The molecule has 7 nitrogen and oxygen atoms in total. The predicted octanol–water partition coefficient (Wildman–Crippen LogP) is 1.90. The molecular formula is C10H13N3O4. The fourth-order valence-electron chi connectivity index (χ4n) is 1.16. The number of nitrogens with one attached hydrogen (secondary N) is 1. The van der Waals surface area contributed by atoms with Gasteiger partial charge in [0.15, 0.2) is 0 Å². The lowest BCUT2D eigenvalue weighted by Gasteiger charge is -2.20. The van der Waals surface area contributed by atoms with Crippen molar-refractivity contribution >= 4 is 17.5 Å². The van der Waals surface area contributed by atoms with E-state index in [1.165, 1.54) is 0 Å². The minimum atomic E-state index is -1.25. The molecule has 0 aliphatic carbocycles. The SMILES string of the molecule is CC(C)(C)Nc1ncc(C(=O)O)cc1[N+](=O)[O-]. The molecule has 1 rings (SSSR count). The van der Waals surface area contributed by atoms with Crippen molar-refractivity contribution in [3.8, 4) is 0 Å². The maximum absolute atomic E-state index is 10.8. The van der Waals surface area contributed by atoms with Crippen LogP contribution in [0.4, 0.5) is 11.5 Å². The zero-order valence-corrected chi connectivity index (χ0v) is 9.72. The molecule has 0 saturated heterocycles. The van der Waals surface area contributed by atoms with E-state index in [2.05, 4.69) is 10.3 Å². The zero-order chi connectivity index (χ0) is 13.2. The Morgan fingerprint density at radius 3 is 2.53 bits per heavy atom. The Morgan fingerprint density at radius 2 is 2.12 bits per heavy atom. The first-order valence-electron chi connectivity index (χ1n) is 4.86. The lowest BCUT2D eigenvalue weighted by molar-refractivity contribution is -0.384. The number of rotatable bonds is 3. The molecule has 92 valence electrons. The van der Waals surface area contributed by atoms with Crippen LogP contribution in [0.1, 0.15) is 31.1 Å². The van der Waals surface area contributed by atoms with Crippen molar-refractivity contribution in [1.29, 1.82) is 0 Å². The van der Waals surface area contributed by atoms with Crippen LogP contribution in [0.5, 0.6) is 0 Å². The smallest absolute Gasteiger partial charge is 0.337 e. The number of aromatic carboxylic acids is 1. The first kappa shape index (κ1) is 12.9. The molecule has 0 aliphatic heterocycles. The Kier molecular flexibility index (Phi) is 3.31. The lowest BCUT2D eigenvalue weighted by atomic mass is 10.1. The van der Waals surface area contributed by atoms with E-state index in [1.807, 2.05) is 20.8 Å². The number of nitro groups is 1. The van der Waals surface area contributed by atoms with Gasteiger partial charge >= 0.3 is 11.7 Å². The second-order valence-corrected chi connectivity index (χ2v) is 4.53. The molecule has 7 heteroatoms. The molecule has 0 amide bonds. The third kappa shape index (κ3) is 3.40. The first-order valence-corrected chi connectivity index (χ1v) is 4.86. The maximum Gasteiger partial charge on any atom is 0.337 e. The summed E-state index contributed by atoms with van der Waals surface area (Å²) in [6.07, 6.45) is 1.09. The summed E-state index contributed by atoms with van der Waals surface area (Å²) >= 11 is 0. The quantitative estimate of drug-likeness (QED) is 0.616. The molecule has 2 N–H and O–H groups in total. The number of carbonyl (C=O) groups is 1. The van der Waals surface area contributed by atoms with Gasteiger partial charge in [-0.3, -0.25) is 10.1 Å². The molecular weight excluding hydrogens is 226 g/mol. The van der Waals surface area contributed by atoms with E-state index in [0.717, 1.165) is 12.3 Å². The van der Waals surface area contributed by atoms with Crippen LogP contribution in [0.25, 0.3) is 0 Å². The van der Waals surface area contributed by atoms with Crippen LogP contribution in [0, 0.1) is 10.1 Å². The average Bonchev–Trinajstić information content (AvgIpc) is 2.14. The van der Waals surface area contributed by atoms with Gasteiger partial charge in [-0.1, -0.05) is 0 Å². The predicted molar refractivity (Wildman–Crippen MR) is 61.2 cm³/mol. The number of nitrogens with zero attached hydrogens (tertiary/aromatic N) is 2. The molecule has 1 aromatic heterocycles. The van der Waals surface area contributed by atoms with Crippen molar-refractivity contribution < 1.29 is 14.8 Å². The number of carboxylic acids is 1. The van der Waals surface area contributed by atoms with Crippen LogP contribution < -0.4 is 5.32 Å². The fraction of sp³-hybridized carbons (Fsp3) is 0.400. The van der Waals surface area contributed by atoms with Gasteiger partial charge in [0.05, 0.1) is 10.5 Å². The standard InChI is InChI=1S/C10H13N3O4/c1-10(2,3)12-8-7(13(16)17)4-6(5-11-8)9(14)15/h4-5H,1-3H3,(H,11,12)(H,14,15). The van der Waals surface area contributed by atoms with Crippen LogP contribution in [0.3, 0.4) is 0 Å². The number of aromatic nitrogens is 1. The van der Waals surface area contributed by atoms with Crippen LogP contribution in [-0.4, -0.2) is 26.5 Å². The highest BCUT2D eigenvalue weighted by Crippen LogP contribution is 2.25. The van der Waals surface area contributed by atoms with Crippen molar-refractivity contribution in [2.75, 3.05) is 5.32 Å². The van der Waals surface area contributed by atoms with Gasteiger partial charge in [0.2, 0.25) is 5.82 Å². The Morgan fingerprint density at radius 1 is 1.53 bits per heavy atom. The van der Waals surface area contributed by atoms with Crippen molar-refractivity contribution in [3.05, 3.63) is 27.9 Å². The number of hydrogen-bond acceptors (Lipinski definition) is 5. The highest BCUT2D eigenvalue weighted by atomic mass is 16.6. The second-order valence-electron chi connectivity index (χ2n) is 4.53. The van der Waals surface area contributed by atoms with Crippen LogP contribution in [0.15, 0.2) is 12.3 Å². The summed E-state index contributed by atoms with van der Waals surface area (Å²) in [6, 6.07) is 0.989. The third-order valence-electron chi connectivity index (χ3n) is 1.80. The highest BCUT2D eigenvalue weighted by molar-refractivity contribution is 5.88. The third-order valence-corrected chi connectivity index (χ3v) is 1.80. The molecule has 0 aromatic carbocycles. The Bertz CT molecular complexity index is 465. The lowest BCUT2D eigenvalue weighted by Crippen LogP contribution is -2.27. The van der Waals surface area contributed by atoms with E-state index in [1.54, 1.807) is 0 Å². The number of anilines is 1. The molecule has 0 saturated carbocycles. The van der Waals surface area contributed by atoms with Crippen molar-refractivity contribution in [3.63, 3.8) is 0 Å². The summed E-state index contributed by atoms with van der Waals surface area (Å²) in [6.45, 7) is 5.47. The first-order chi connectivity index (χ1) is 7.70. The summed E-state index contributed by atoms with van der Waals surface area (Å²) in [7, 11) is 0. The highest BCUT2D eigenvalue weighted by Gasteiger charge is 2.22. The maximum atomic E-state index is 10.8. The van der Waals surface area contributed by atoms with Gasteiger partial charge in [-0.2, -0.15) is 0 Å². The van der Waals surface area contributed by atoms with E-state index in [9.17, 15) is 14.9 Å². The van der Waals surface area contributed by atoms with Crippen molar-refractivity contribution in [2.24, 2.45) is 0 Å². The normalized spacial score (nSPS) is 11.0. The largest absolute Gasteiger partial charge is 0.478 e. The Balaban J connectivity index is 3.23. The van der Waals surface area contributed by atoms with E-state index in [0.29, 0.717) is 0 Å². The molecule has 0 fully saturated rings. The summed E-state index contributed by atoms with van der Waals surface area (Å²) < 4.78 is 0. The monoisotopic (exact) mass is 239 g/mol. The molecule has 0 aliphatic rings. The zero-order valence-electron chi connectivity index (χ0n) is 9.72. The fourth-order valence-corrected chi connectivity index (χ4v) is 1.16. The summed E-state index contributed by atoms with van der Waals surface area (Å²) in [5, 5.41) is 22.4. The van der Waals surface area contributed by atoms with Crippen LogP contribution in [-0.2, 0) is 0 Å². The molecule has 0 bridgehead atoms. The summed E-state index contributed by atoms with van der Waals surface area (Å²) in [5.74, 6) is -1.18. The van der Waals surface area contributed by atoms with Crippen molar-refractivity contribution in [1.82, 2.24) is 4.98 Å². The second kappa shape index (κ2) is 4.36. The molecule has 0 unspecified atom stereocenters. The number of hydrogen-bond donors (Lipinski definition) is 2. The van der Waals surface area contributed by atoms with E-state index < -0.39 is 16.4 Å². The van der Waals surface area contributed by atoms with Gasteiger partial charge in [0.25, 0.3) is 0 Å². The van der Waals surface area contributed by atoms with E-state index in [-0.39, 0.29) is 17.1 Å².